The lowest BCUT2D eigenvalue weighted by molar-refractivity contribution is -0.112. The van der Waals surface area contributed by atoms with Crippen molar-refractivity contribution >= 4 is 40.5 Å². The molecule has 0 aromatic heterocycles. The van der Waals surface area contributed by atoms with E-state index >= 15 is 0 Å². The maximum absolute atomic E-state index is 12.2. The lowest BCUT2D eigenvalue weighted by Crippen LogP contribution is -2.15. The van der Waals surface area contributed by atoms with E-state index < -0.39 is 5.91 Å². The van der Waals surface area contributed by atoms with Crippen molar-refractivity contribution in [2.45, 2.75) is 13.8 Å². The molecule has 0 saturated heterocycles. The molecule has 0 heterocycles. The molecule has 0 aliphatic carbocycles. The van der Waals surface area contributed by atoms with E-state index in [1.54, 1.807) is 18.2 Å². The molecule has 0 aliphatic rings. The van der Waals surface area contributed by atoms with Gasteiger partial charge in [0.25, 0.3) is 5.91 Å². The molecule has 0 atom stereocenters. The number of halogens is 2. The van der Waals surface area contributed by atoms with Crippen LogP contribution in [0.2, 0.25) is 10.0 Å². The third-order valence-corrected chi connectivity index (χ3v) is 4.36. The molecule has 122 valence electrons. The highest BCUT2D eigenvalue weighted by molar-refractivity contribution is 6.44. The second-order valence-corrected chi connectivity index (χ2v) is 5.90. The van der Waals surface area contributed by atoms with E-state index in [0.717, 1.165) is 16.8 Å². The van der Waals surface area contributed by atoms with Gasteiger partial charge in [-0.05, 0) is 43.2 Å². The molecule has 0 fully saturated rings. The van der Waals surface area contributed by atoms with Gasteiger partial charge >= 0.3 is 0 Å². The van der Waals surface area contributed by atoms with Crippen LogP contribution in [0.15, 0.2) is 48.2 Å². The Morgan fingerprint density at radius 1 is 1.12 bits per heavy atom. The molecule has 1 amide bonds. The molecule has 2 aromatic rings. The van der Waals surface area contributed by atoms with E-state index in [2.05, 4.69) is 10.6 Å². The zero-order valence-corrected chi connectivity index (χ0v) is 14.7. The maximum Gasteiger partial charge on any atom is 0.267 e. The molecule has 0 saturated carbocycles. The van der Waals surface area contributed by atoms with Crippen molar-refractivity contribution in [2.24, 2.45) is 0 Å². The van der Waals surface area contributed by atoms with Gasteiger partial charge in [-0.15, -0.1) is 0 Å². The van der Waals surface area contributed by atoms with E-state index in [4.69, 9.17) is 23.2 Å². The Morgan fingerprint density at radius 3 is 2.50 bits per heavy atom. The van der Waals surface area contributed by atoms with Crippen molar-refractivity contribution in [2.75, 3.05) is 10.6 Å². The van der Waals surface area contributed by atoms with Gasteiger partial charge in [0.05, 0.1) is 15.7 Å². The molecule has 2 aromatic carbocycles. The van der Waals surface area contributed by atoms with E-state index in [-0.39, 0.29) is 10.6 Å². The molecule has 4 nitrogen and oxygen atoms in total. The Morgan fingerprint density at radius 2 is 1.79 bits per heavy atom. The van der Waals surface area contributed by atoms with Gasteiger partial charge in [0, 0.05) is 11.9 Å². The molecule has 6 heteroatoms. The molecule has 0 spiro atoms. The predicted molar refractivity (Wildman–Crippen MR) is 98.3 cm³/mol. The summed E-state index contributed by atoms with van der Waals surface area (Å²) in [4.78, 5) is 12.2. The first-order valence-electron chi connectivity index (χ1n) is 7.12. The third-order valence-electron chi connectivity index (χ3n) is 3.54. The Labute approximate surface area is 150 Å². The zero-order valence-electron chi connectivity index (χ0n) is 13.2. The molecule has 0 bridgehead atoms. The van der Waals surface area contributed by atoms with Crippen LogP contribution in [-0.2, 0) is 4.79 Å². The summed E-state index contributed by atoms with van der Waals surface area (Å²) >= 11 is 11.9. The summed E-state index contributed by atoms with van der Waals surface area (Å²) in [5.41, 5.74) is 3.26. The van der Waals surface area contributed by atoms with Crippen LogP contribution in [0.3, 0.4) is 0 Å². The van der Waals surface area contributed by atoms with Crippen LogP contribution in [0.5, 0.6) is 0 Å². The fourth-order valence-electron chi connectivity index (χ4n) is 2.00. The number of benzene rings is 2. The molecule has 0 radical (unpaired) electrons. The van der Waals surface area contributed by atoms with Crippen LogP contribution in [-0.4, -0.2) is 5.91 Å². The highest BCUT2D eigenvalue weighted by Gasteiger charge is 2.12. The largest absolute Gasteiger partial charge is 0.360 e. The predicted octanol–water partition coefficient (Wildman–Crippen LogP) is 5.07. The first-order chi connectivity index (χ1) is 11.4. The average Bonchev–Trinajstić information content (AvgIpc) is 2.56. The van der Waals surface area contributed by atoms with Gasteiger partial charge in [-0.2, -0.15) is 5.26 Å². The highest BCUT2D eigenvalue weighted by atomic mass is 35.5. The topological polar surface area (TPSA) is 64.9 Å². The van der Waals surface area contributed by atoms with Crippen LogP contribution in [0, 0.1) is 25.2 Å². The van der Waals surface area contributed by atoms with Gasteiger partial charge in [0.2, 0.25) is 0 Å². The zero-order chi connectivity index (χ0) is 17.7. The Balaban J connectivity index is 2.18. The van der Waals surface area contributed by atoms with Gasteiger partial charge < -0.3 is 10.6 Å². The minimum atomic E-state index is -0.570. The van der Waals surface area contributed by atoms with Crippen molar-refractivity contribution in [1.82, 2.24) is 0 Å². The average molecular weight is 360 g/mol. The standard InChI is InChI=1S/C18H15Cl2N3O/c1-11-5-3-7-15(12(11)2)22-10-13(9-21)18(24)23-16-8-4-6-14(19)17(16)20/h3-8,10,22H,1-2H3,(H,23,24)/b13-10-. The fraction of sp³-hybridized carbons (Fsp3) is 0.111. The number of nitriles is 1. The number of carbonyl (C=O) groups is 1. The number of anilines is 2. The molecule has 2 rings (SSSR count). The Kier molecular flexibility index (Phi) is 5.86. The van der Waals surface area contributed by atoms with Gasteiger partial charge in [-0.25, -0.2) is 0 Å². The summed E-state index contributed by atoms with van der Waals surface area (Å²) < 4.78 is 0. The molecule has 0 aliphatic heterocycles. The number of hydrogen-bond acceptors (Lipinski definition) is 3. The quantitative estimate of drug-likeness (QED) is 0.591. The fourth-order valence-corrected chi connectivity index (χ4v) is 2.34. The van der Waals surface area contributed by atoms with Crippen molar-refractivity contribution in [1.29, 1.82) is 5.26 Å². The first kappa shape index (κ1) is 17.9. The first-order valence-corrected chi connectivity index (χ1v) is 7.88. The molecule has 2 N–H and O–H groups in total. The molecule has 0 unspecified atom stereocenters. The summed E-state index contributed by atoms with van der Waals surface area (Å²) in [6, 6.07) is 12.5. The summed E-state index contributed by atoms with van der Waals surface area (Å²) in [6.45, 7) is 3.95. The van der Waals surface area contributed by atoms with Crippen LogP contribution >= 0.6 is 23.2 Å². The van der Waals surface area contributed by atoms with Gasteiger partial charge in [-0.1, -0.05) is 41.4 Å². The highest BCUT2D eigenvalue weighted by Crippen LogP contribution is 2.29. The number of amides is 1. The van der Waals surface area contributed by atoms with Gasteiger partial charge in [-0.3, -0.25) is 4.79 Å². The number of nitrogens with one attached hydrogen (secondary N) is 2. The smallest absolute Gasteiger partial charge is 0.267 e. The van der Waals surface area contributed by atoms with Crippen LogP contribution in [0.4, 0.5) is 11.4 Å². The second kappa shape index (κ2) is 7.87. The number of rotatable bonds is 4. The summed E-state index contributed by atoms with van der Waals surface area (Å²) in [5, 5.41) is 15.3. The number of aryl methyl sites for hydroxylation is 1. The third kappa shape index (κ3) is 4.08. The summed E-state index contributed by atoms with van der Waals surface area (Å²) in [7, 11) is 0. The van der Waals surface area contributed by atoms with Gasteiger partial charge in [0.15, 0.2) is 0 Å². The Hall–Kier alpha value is -2.48. The minimum Gasteiger partial charge on any atom is -0.360 e. The molecule has 24 heavy (non-hydrogen) atoms. The number of nitrogens with zero attached hydrogens (tertiary/aromatic N) is 1. The van der Waals surface area contributed by atoms with E-state index in [1.165, 1.54) is 6.20 Å². The van der Waals surface area contributed by atoms with Crippen molar-refractivity contribution in [3.8, 4) is 6.07 Å². The monoisotopic (exact) mass is 359 g/mol. The van der Waals surface area contributed by atoms with Crippen molar-refractivity contribution in [3.05, 3.63) is 69.3 Å². The lowest BCUT2D eigenvalue weighted by atomic mass is 10.1. The normalized spacial score (nSPS) is 10.9. The maximum atomic E-state index is 12.2. The van der Waals surface area contributed by atoms with Crippen molar-refractivity contribution < 1.29 is 4.79 Å². The van der Waals surface area contributed by atoms with Crippen LogP contribution in [0.25, 0.3) is 0 Å². The lowest BCUT2D eigenvalue weighted by Gasteiger charge is -2.10. The van der Waals surface area contributed by atoms with E-state index in [1.807, 2.05) is 38.1 Å². The summed E-state index contributed by atoms with van der Waals surface area (Å²) in [5.74, 6) is -0.570. The second-order valence-electron chi connectivity index (χ2n) is 5.12. The summed E-state index contributed by atoms with van der Waals surface area (Å²) in [6.07, 6.45) is 1.37. The van der Waals surface area contributed by atoms with Gasteiger partial charge in [0.1, 0.15) is 11.6 Å². The van der Waals surface area contributed by atoms with Crippen molar-refractivity contribution in [3.63, 3.8) is 0 Å². The SMILES string of the molecule is Cc1cccc(N/C=C(/C#N)C(=O)Nc2cccc(Cl)c2Cl)c1C. The molecular formula is C18H15Cl2N3O. The van der Waals surface area contributed by atoms with E-state index in [9.17, 15) is 10.1 Å². The minimum absolute atomic E-state index is 0.0769. The molecular weight excluding hydrogens is 345 g/mol. The Bertz CT molecular complexity index is 854. The van der Waals surface area contributed by atoms with E-state index in [0.29, 0.717) is 10.7 Å². The number of hydrogen-bond donors (Lipinski definition) is 2. The number of carbonyl (C=O) groups excluding carboxylic acids is 1. The van der Waals surface area contributed by atoms with Crippen LogP contribution in [0.1, 0.15) is 11.1 Å². The van der Waals surface area contributed by atoms with Crippen LogP contribution < -0.4 is 10.6 Å².